The summed E-state index contributed by atoms with van der Waals surface area (Å²) in [6.07, 6.45) is 0.857. The average Bonchev–Trinajstić information content (AvgIpc) is 3.03. The number of carbonyl (C=O) groups is 2. The maximum atomic E-state index is 12.2. The molecular formula is C18H22N2O6. The van der Waals surface area contributed by atoms with Gasteiger partial charge in [0.15, 0.2) is 23.9 Å². The molecule has 1 aromatic carbocycles. The smallest absolute Gasteiger partial charge is 0.338 e. The summed E-state index contributed by atoms with van der Waals surface area (Å²) in [7, 11) is 0. The Morgan fingerprint density at radius 2 is 1.96 bits per heavy atom. The molecule has 1 amide bonds. The van der Waals surface area contributed by atoms with Gasteiger partial charge in [0, 0.05) is 6.07 Å². The molecule has 8 nitrogen and oxygen atoms in total. The van der Waals surface area contributed by atoms with Gasteiger partial charge in [-0.15, -0.1) is 0 Å². The molecule has 0 saturated carbocycles. The van der Waals surface area contributed by atoms with Crippen LogP contribution in [0.25, 0.3) is 0 Å². The first kappa shape index (κ1) is 19.3. The van der Waals surface area contributed by atoms with Gasteiger partial charge in [0.05, 0.1) is 18.8 Å². The molecule has 0 unspecified atom stereocenters. The number of amides is 1. The van der Waals surface area contributed by atoms with E-state index < -0.39 is 18.5 Å². The third kappa shape index (κ3) is 5.51. The van der Waals surface area contributed by atoms with E-state index in [1.165, 1.54) is 6.07 Å². The van der Waals surface area contributed by atoms with Crippen molar-refractivity contribution in [2.75, 3.05) is 25.1 Å². The summed E-state index contributed by atoms with van der Waals surface area (Å²) in [5.74, 6) is 0.687. The van der Waals surface area contributed by atoms with Crippen LogP contribution in [0.4, 0.5) is 5.82 Å². The number of hydrogen-bond acceptors (Lipinski definition) is 7. The molecule has 0 radical (unpaired) electrons. The SMILES string of the molecule is CCCOc1ccc(C(=O)OCC(=O)Nc2cc(C)on2)cc1OCC. The topological polar surface area (TPSA) is 99.9 Å². The fourth-order valence-electron chi connectivity index (χ4n) is 2.05. The van der Waals surface area contributed by atoms with Crippen molar-refractivity contribution in [3.8, 4) is 11.5 Å². The van der Waals surface area contributed by atoms with Crippen LogP contribution in [0.2, 0.25) is 0 Å². The molecule has 0 saturated heterocycles. The molecule has 8 heteroatoms. The molecule has 0 bridgehead atoms. The van der Waals surface area contributed by atoms with Crippen LogP contribution in [0.15, 0.2) is 28.8 Å². The number of nitrogens with one attached hydrogen (secondary N) is 1. The van der Waals surface area contributed by atoms with Crippen LogP contribution in [0.3, 0.4) is 0 Å². The molecule has 1 aromatic heterocycles. The molecule has 1 N–H and O–H groups in total. The molecule has 0 fully saturated rings. The first-order chi connectivity index (χ1) is 12.5. The highest BCUT2D eigenvalue weighted by Gasteiger charge is 2.15. The summed E-state index contributed by atoms with van der Waals surface area (Å²) < 4.78 is 20.9. The first-order valence-electron chi connectivity index (χ1n) is 8.33. The number of rotatable bonds is 9. The van der Waals surface area contributed by atoms with E-state index in [0.29, 0.717) is 30.5 Å². The maximum absolute atomic E-state index is 12.2. The van der Waals surface area contributed by atoms with Crippen molar-refractivity contribution in [2.24, 2.45) is 0 Å². The van der Waals surface area contributed by atoms with E-state index in [4.69, 9.17) is 18.7 Å². The maximum Gasteiger partial charge on any atom is 0.338 e. The Bertz CT molecular complexity index is 756. The lowest BCUT2D eigenvalue weighted by Crippen LogP contribution is -2.21. The monoisotopic (exact) mass is 362 g/mol. The third-order valence-corrected chi connectivity index (χ3v) is 3.17. The Morgan fingerprint density at radius 3 is 2.62 bits per heavy atom. The number of benzene rings is 1. The summed E-state index contributed by atoms with van der Waals surface area (Å²) in [5, 5.41) is 6.10. The number of nitrogens with zero attached hydrogens (tertiary/aromatic N) is 1. The molecule has 0 aliphatic rings. The zero-order valence-electron chi connectivity index (χ0n) is 15.0. The fraction of sp³-hybridized carbons (Fsp3) is 0.389. The standard InChI is InChI=1S/C18H22N2O6/c1-4-8-24-14-7-6-13(10-15(14)23-5-2)18(22)25-11-17(21)19-16-9-12(3)26-20-16/h6-7,9-10H,4-5,8,11H2,1-3H3,(H,19,20,21). The number of anilines is 1. The van der Waals surface area contributed by atoms with Gasteiger partial charge in [0.1, 0.15) is 5.76 Å². The molecule has 26 heavy (non-hydrogen) atoms. The second-order valence-corrected chi connectivity index (χ2v) is 5.39. The molecule has 0 aliphatic heterocycles. The number of esters is 1. The molecule has 1 heterocycles. The molecular weight excluding hydrogens is 340 g/mol. The molecule has 0 spiro atoms. The van der Waals surface area contributed by atoms with Crippen molar-refractivity contribution in [1.82, 2.24) is 5.16 Å². The van der Waals surface area contributed by atoms with Gasteiger partial charge < -0.3 is 24.1 Å². The van der Waals surface area contributed by atoms with Crippen LogP contribution in [-0.4, -0.2) is 36.9 Å². The largest absolute Gasteiger partial charge is 0.490 e. The van der Waals surface area contributed by atoms with Crippen LogP contribution < -0.4 is 14.8 Å². The molecule has 2 aromatic rings. The highest BCUT2D eigenvalue weighted by Crippen LogP contribution is 2.29. The highest BCUT2D eigenvalue weighted by molar-refractivity contribution is 5.95. The van der Waals surface area contributed by atoms with E-state index in [1.807, 2.05) is 13.8 Å². The van der Waals surface area contributed by atoms with E-state index in [9.17, 15) is 9.59 Å². The van der Waals surface area contributed by atoms with Crippen molar-refractivity contribution in [2.45, 2.75) is 27.2 Å². The lowest BCUT2D eigenvalue weighted by molar-refractivity contribution is -0.119. The minimum atomic E-state index is -0.639. The number of ether oxygens (including phenoxy) is 3. The fourth-order valence-corrected chi connectivity index (χ4v) is 2.05. The normalized spacial score (nSPS) is 10.3. The highest BCUT2D eigenvalue weighted by atomic mass is 16.5. The van der Waals surface area contributed by atoms with E-state index in [1.54, 1.807) is 25.1 Å². The first-order valence-corrected chi connectivity index (χ1v) is 8.33. The second kappa shape index (κ2) is 9.45. The van der Waals surface area contributed by atoms with Gasteiger partial charge in [0.25, 0.3) is 5.91 Å². The van der Waals surface area contributed by atoms with Crippen molar-refractivity contribution < 1.29 is 28.3 Å². The minimum Gasteiger partial charge on any atom is -0.490 e. The zero-order valence-corrected chi connectivity index (χ0v) is 15.0. The Kier molecular flexibility index (Phi) is 7.02. The summed E-state index contributed by atoms with van der Waals surface area (Å²) >= 11 is 0. The zero-order chi connectivity index (χ0) is 18.9. The Labute approximate surface area is 151 Å². The quantitative estimate of drug-likeness (QED) is 0.685. The van der Waals surface area contributed by atoms with Crippen LogP contribution in [0.1, 0.15) is 36.4 Å². The summed E-state index contributed by atoms with van der Waals surface area (Å²) in [5.41, 5.74) is 0.266. The van der Waals surface area contributed by atoms with Gasteiger partial charge in [0.2, 0.25) is 0 Å². The second-order valence-electron chi connectivity index (χ2n) is 5.39. The van der Waals surface area contributed by atoms with Gasteiger partial charge in [-0.3, -0.25) is 4.79 Å². The Morgan fingerprint density at radius 1 is 1.15 bits per heavy atom. The Balaban J connectivity index is 1.95. The van der Waals surface area contributed by atoms with Gasteiger partial charge in [-0.1, -0.05) is 12.1 Å². The van der Waals surface area contributed by atoms with E-state index in [0.717, 1.165) is 6.42 Å². The van der Waals surface area contributed by atoms with Crippen LogP contribution >= 0.6 is 0 Å². The van der Waals surface area contributed by atoms with E-state index in [2.05, 4.69) is 10.5 Å². The Hall–Kier alpha value is -3.03. The van der Waals surface area contributed by atoms with Crippen molar-refractivity contribution in [3.05, 3.63) is 35.6 Å². The third-order valence-electron chi connectivity index (χ3n) is 3.17. The summed E-state index contributed by atoms with van der Waals surface area (Å²) in [4.78, 5) is 23.9. The molecule has 0 aliphatic carbocycles. The minimum absolute atomic E-state index is 0.264. The van der Waals surface area contributed by atoms with Crippen LogP contribution in [0, 0.1) is 6.92 Å². The average molecular weight is 362 g/mol. The van der Waals surface area contributed by atoms with Gasteiger partial charge in [-0.2, -0.15) is 0 Å². The lowest BCUT2D eigenvalue weighted by Gasteiger charge is -2.12. The van der Waals surface area contributed by atoms with E-state index in [-0.39, 0.29) is 11.4 Å². The van der Waals surface area contributed by atoms with Crippen molar-refractivity contribution >= 4 is 17.7 Å². The predicted molar refractivity (Wildman–Crippen MR) is 93.5 cm³/mol. The molecule has 0 atom stereocenters. The van der Waals surface area contributed by atoms with Crippen LogP contribution in [0.5, 0.6) is 11.5 Å². The molecule has 140 valence electrons. The van der Waals surface area contributed by atoms with Crippen molar-refractivity contribution in [1.29, 1.82) is 0 Å². The van der Waals surface area contributed by atoms with Crippen LogP contribution in [-0.2, 0) is 9.53 Å². The number of aryl methyl sites for hydroxylation is 1. The summed E-state index contributed by atoms with van der Waals surface area (Å²) in [6.45, 7) is 6.07. The van der Waals surface area contributed by atoms with Gasteiger partial charge >= 0.3 is 5.97 Å². The lowest BCUT2D eigenvalue weighted by atomic mass is 10.2. The van der Waals surface area contributed by atoms with Gasteiger partial charge in [-0.05, 0) is 38.5 Å². The van der Waals surface area contributed by atoms with Gasteiger partial charge in [-0.25, -0.2) is 4.79 Å². The number of carbonyl (C=O) groups excluding carboxylic acids is 2. The predicted octanol–water partition coefficient (Wildman–Crippen LogP) is 2.97. The van der Waals surface area contributed by atoms with E-state index >= 15 is 0 Å². The molecule has 2 rings (SSSR count). The number of aromatic nitrogens is 1. The summed E-state index contributed by atoms with van der Waals surface area (Å²) in [6, 6.07) is 6.31. The van der Waals surface area contributed by atoms with Crippen molar-refractivity contribution in [3.63, 3.8) is 0 Å². The number of hydrogen-bond donors (Lipinski definition) is 1.